The fourth-order valence-electron chi connectivity index (χ4n) is 5.25. The number of pyridine rings is 1. The van der Waals surface area contributed by atoms with E-state index in [1.165, 1.54) is 37.7 Å². The number of amides is 1. The van der Waals surface area contributed by atoms with Gasteiger partial charge in [0.25, 0.3) is 5.91 Å². The third-order valence-corrected chi connectivity index (χ3v) is 7.24. The number of hydrogen-bond donors (Lipinski definition) is 3. The van der Waals surface area contributed by atoms with E-state index in [4.69, 9.17) is 10.7 Å². The van der Waals surface area contributed by atoms with Crippen molar-refractivity contribution < 1.29 is 9.90 Å². The number of aryl methyl sites for hydroxylation is 2. The lowest BCUT2D eigenvalue weighted by atomic mass is 9.89. The summed E-state index contributed by atoms with van der Waals surface area (Å²) in [7, 11) is 0. The average molecular weight is 452 g/mol. The molecule has 1 amide bonds. The minimum absolute atomic E-state index is 0.0839. The highest BCUT2D eigenvalue weighted by Crippen LogP contribution is 2.30. The summed E-state index contributed by atoms with van der Waals surface area (Å²) >= 11 is 0. The summed E-state index contributed by atoms with van der Waals surface area (Å²) in [6, 6.07) is 6.85. The van der Waals surface area contributed by atoms with Gasteiger partial charge in [-0.3, -0.25) is 4.79 Å². The zero-order valence-corrected chi connectivity index (χ0v) is 20.1. The van der Waals surface area contributed by atoms with Crippen LogP contribution in [0.4, 0.5) is 5.82 Å². The Kier molecular flexibility index (Phi) is 7.29. The molecule has 2 unspecified atom stereocenters. The third kappa shape index (κ3) is 5.36. The van der Waals surface area contributed by atoms with Crippen molar-refractivity contribution in [2.45, 2.75) is 71.4 Å². The summed E-state index contributed by atoms with van der Waals surface area (Å²) in [4.78, 5) is 24.1. The predicted molar refractivity (Wildman–Crippen MR) is 134 cm³/mol. The van der Waals surface area contributed by atoms with Crippen molar-refractivity contribution in [2.75, 3.05) is 24.6 Å². The summed E-state index contributed by atoms with van der Waals surface area (Å²) in [5, 5.41) is 14.9. The quantitative estimate of drug-likeness (QED) is 0.475. The Hall–Kier alpha value is -2.51. The van der Waals surface area contributed by atoms with Gasteiger partial charge in [0.2, 0.25) is 0 Å². The summed E-state index contributed by atoms with van der Waals surface area (Å²) in [6.45, 7) is 7.27. The van der Waals surface area contributed by atoms with E-state index in [9.17, 15) is 9.90 Å². The van der Waals surface area contributed by atoms with Gasteiger partial charge < -0.3 is 21.1 Å². The lowest BCUT2D eigenvalue weighted by Crippen LogP contribution is -2.54. The van der Waals surface area contributed by atoms with Crippen molar-refractivity contribution in [3.63, 3.8) is 0 Å². The minimum atomic E-state index is -0.374. The van der Waals surface area contributed by atoms with Crippen LogP contribution in [0, 0.1) is 19.8 Å². The van der Waals surface area contributed by atoms with Crippen LogP contribution >= 0.6 is 0 Å². The number of aliphatic hydroxyl groups excluding tert-OH is 1. The van der Waals surface area contributed by atoms with Gasteiger partial charge in [-0.15, -0.1) is 0 Å². The van der Waals surface area contributed by atoms with Crippen LogP contribution in [0.25, 0.3) is 10.9 Å². The number of nitrogens with one attached hydrogen (secondary N) is 1. The first-order chi connectivity index (χ1) is 15.9. The van der Waals surface area contributed by atoms with Gasteiger partial charge in [0.1, 0.15) is 11.7 Å². The van der Waals surface area contributed by atoms with E-state index in [2.05, 4.69) is 41.2 Å². The van der Waals surface area contributed by atoms with Gasteiger partial charge in [0, 0.05) is 43.1 Å². The Bertz CT molecular complexity index is 1040. The number of aromatic nitrogens is 1. The third-order valence-electron chi connectivity index (χ3n) is 7.24. The van der Waals surface area contributed by atoms with Crippen LogP contribution < -0.4 is 16.0 Å². The van der Waals surface area contributed by atoms with Gasteiger partial charge in [-0.25, -0.2) is 4.98 Å². The molecule has 2 aliphatic rings. The Balaban J connectivity index is 1.65. The number of carbonyl (C=O) groups excluding carboxylic acids is 1. The molecule has 0 radical (unpaired) electrons. The second-order valence-electron chi connectivity index (χ2n) is 9.83. The Morgan fingerprint density at radius 3 is 2.61 bits per heavy atom. The highest BCUT2D eigenvalue weighted by molar-refractivity contribution is 6.07. The smallest absolute Gasteiger partial charge is 0.282 e. The summed E-state index contributed by atoms with van der Waals surface area (Å²) in [6.07, 6.45) is 7.24. The number of aliphatic hydroxyl groups is 1. The maximum Gasteiger partial charge on any atom is 0.282 e. The Morgan fingerprint density at radius 1 is 1.18 bits per heavy atom. The van der Waals surface area contributed by atoms with E-state index in [1.54, 1.807) is 6.92 Å². The second kappa shape index (κ2) is 10.2. The molecule has 0 spiro atoms. The zero-order valence-electron chi connectivity index (χ0n) is 20.1. The van der Waals surface area contributed by atoms with Crippen molar-refractivity contribution in [3.8, 4) is 0 Å². The maximum atomic E-state index is 13.0. The predicted octanol–water partition coefficient (Wildman–Crippen LogP) is 3.48. The molecule has 1 aromatic carbocycles. The number of rotatable bonds is 5. The molecule has 1 saturated heterocycles. The molecule has 4 N–H and O–H groups in total. The minimum Gasteiger partial charge on any atom is -0.396 e. The van der Waals surface area contributed by atoms with E-state index in [-0.39, 0.29) is 30.3 Å². The van der Waals surface area contributed by atoms with Crippen LogP contribution in [0.2, 0.25) is 0 Å². The Labute approximate surface area is 196 Å². The summed E-state index contributed by atoms with van der Waals surface area (Å²) < 4.78 is 0. The van der Waals surface area contributed by atoms with E-state index in [1.807, 2.05) is 6.07 Å². The van der Waals surface area contributed by atoms with Gasteiger partial charge in [0.15, 0.2) is 0 Å². The summed E-state index contributed by atoms with van der Waals surface area (Å²) in [5.41, 5.74) is 9.37. The van der Waals surface area contributed by atoms with Gasteiger partial charge in [-0.05, 0) is 69.4 Å². The van der Waals surface area contributed by atoms with Gasteiger partial charge in [0.05, 0.1) is 11.1 Å². The first-order valence-corrected chi connectivity index (χ1v) is 12.2. The first-order valence-electron chi connectivity index (χ1n) is 12.2. The van der Waals surface area contributed by atoms with Crippen LogP contribution in [0.15, 0.2) is 23.2 Å². The van der Waals surface area contributed by atoms with E-state index in [0.29, 0.717) is 24.0 Å². The summed E-state index contributed by atoms with van der Waals surface area (Å²) in [5.74, 6) is 0.575. The van der Waals surface area contributed by atoms with Crippen LogP contribution in [-0.2, 0) is 0 Å². The average Bonchev–Trinajstić information content (AvgIpc) is 2.79. The number of fused-ring (bicyclic) bond motifs is 1. The molecule has 0 bridgehead atoms. The SMILES string of the molecule is CC(N)=NC(=O)c1cc2cc(C)c(C)cc2nc1N1CCC(NC2CCCCC2)C(CO)C1. The van der Waals surface area contributed by atoms with Crippen molar-refractivity contribution in [1.29, 1.82) is 0 Å². The van der Waals surface area contributed by atoms with Crippen molar-refractivity contribution >= 4 is 28.5 Å². The number of hydrogen-bond acceptors (Lipinski definition) is 5. The van der Waals surface area contributed by atoms with Gasteiger partial charge >= 0.3 is 0 Å². The fraction of sp³-hybridized carbons (Fsp3) is 0.577. The number of amidine groups is 1. The fourth-order valence-corrected chi connectivity index (χ4v) is 5.25. The molecule has 178 valence electrons. The molecule has 7 nitrogen and oxygen atoms in total. The number of anilines is 1. The highest BCUT2D eigenvalue weighted by Gasteiger charge is 2.33. The number of piperidine rings is 1. The van der Waals surface area contributed by atoms with E-state index < -0.39 is 0 Å². The van der Waals surface area contributed by atoms with Crippen molar-refractivity contribution in [2.24, 2.45) is 16.6 Å². The van der Waals surface area contributed by atoms with Crippen molar-refractivity contribution in [1.82, 2.24) is 10.3 Å². The molecule has 7 heteroatoms. The standard InChI is InChI=1S/C26H37N5O2/c1-16-11-19-13-22(26(33)28-18(3)27)25(30-24(19)12-17(16)2)31-10-9-23(20(14-31)15-32)29-21-7-5-4-6-8-21/h11-13,20-21,23,29,32H,4-10,14-15H2,1-3H3,(H2,27,28,33). The molecular formula is C26H37N5O2. The molecule has 1 aliphatic carbocycles. The number of nitrogens with zero attached hydrogens (tertiary/aromatic N) is 3. The second-order valence-corrected chi connectivity index (χ2v) is 9.83. The van der Waals surface area contributed by atoms with Crippen LogP contribution in [0.5, 0.6) is 0 Å². The molecule has 2 fully saturated rings. The monoisotopic (exact) mass is 451 g/mol. The van der Waals surface area contributed by atoms with E-state index >= 15 is 0 Å². The molecule has 1 aliphatic heterocycles. The first kappa shape index (κ1) is 23.6. The highest BCUT2D eigenvalue weighted by atomic mass is 16.3. The molecule has 33 heavy (non-hydrogen) atoms. The number of benzene rings is 1. The number of nitrogens with two attached hydrogens (primary N) is 1. The van der Waals surface area contributed by atoms with Crippen LogP contribution in [0.1, 0.15) is 66.9 Å². The largest absolute Gasteiger partial charge is 0.396 e. The lowest BCUT2D eigenvalue weighted by molar-refractivity contribution is 0.100. The van der Waals surface area contributed by atoms with Crippen LogP contribution in [-0.4, -0.2) is 53.6 Å². The number of carbonyl (C=O) groups is 1. The maximum absolute atomic E-state index is 13.0. The zero-order chi connectivity index (χ0) is 23.5. The Morgan fingerprint density at radius 2 is 1.91 bits per heavy atom. The topological polar surface area (TPSA) is 104 Å². The normalized spacial score (nSPS) is 22.7. The molecule has 2 heterocycles. The van der Waals surface area contributed by atoms with Crippen molar-refractivity contribution in [3.05, 3.63) is 34.9 Å². The van der Waals surface area contributed by atoms with Gasteiger partial charge in [-0.1, -0.05) is 19.3 Å². The number of aliphatic imine (C=N–C) groups is 1. The van der Waals surface area contributed by atoms with E-state index in [0.717, 1.165) is 29.4 Å². The van der Waals surface area contributed by atoms with Crippen LogP contribution in [0.3, 0.4) is 0 Å². The molecule has 1 saturated carbocycles. The molecule has 1 aromatic heterocycles. The van der Waals surface area contributed by atoms with Gasteiger partial charge in [-0.2, -0.15) is 4.99 Å². The molecular weight excluding hydrogens is 414 g/mol. The molecule has 4 rings (SSSR count). The molecule has 2 aromatic rings. The molecule has 2 atom stereocenters. The lowest BCUT2D eigenvalue weighted by Gasteiger charge is -2.41.